The van der Waals surface area contributed by atoms with Gasteiger partial charge in [-0.05, 0) is 45.6 Å². The topological polar surface area (TPSA) is 68.2 Å². The lowest BCUT2D eigenvalue weighted by Crippen LogP contribution is -2.21. The summed E-state index contributed by atoms with van der Waals surface area (Å²) in [5.41, 5.74) is 9.05. The molecule has 102 valence electrons. The Labute approximate surface area is 113 Å². The van der Waals surface area contributed by atoms with Gasteiger partial charge < -0.3 is 11.1 Å². The number of fused-ring (bicyclic) bond motifs is 1. The molecule has 0 unspecified atom stereocenters. The zero-order chi connectivity index (χ0) is 13.2. The minimum atomic E-state index is 0.673. The van der Waals surface area contributed by atoms with Crippen LogP contribution in [0.15, 0.2) is 12.3 Å². The smallest absolute Gasteiger partial charge is 0.160 e. The monoisotopic (exact) mass is 259 g/mol. The maximum Gasteiger partial charge on any atom is 0.160 e. The molecule has 0 radical (unpaired) electrons. The second-order valence-electron chi connectivity index (χ2n) is 5.42. The highest BCUT2D eigenvalue weighted by atomic mass is 15.3. The Morgan fingerprint density at radius 2 is 2.42 bits per heavy atom. The van der Waals surface area contributed by atoms with Crippen molar-refractivity contribution in [3.8, 4) is 0 Å². The SMILES string of the molecule is Cc1cnn2c(N)cc(CCC[C@H]3CCCN3)nc12. The lowest BCUT2D eigenvalue weighted by Gasteiger charge is -2.09. The number of nitrogens with zero attached hydrogens (tertiary/aromatic N) is 3. The van der Waals surface area contributed by atoms with E-state index in [0.717, 1.165) is 29.7 Å². The summed E-state index contributed by atoms with van der Waals surface area (Å²) < 4.78 is 1.71. The molecule has 1 aliphatic heterocycles. The third kappa shape index (κ3) is 2.56. The highest BCUT2D eigenvalue weighted by Gasteiger charge is 2.13. The van der Waals surface area contributed by atoms with Crippen LogP contribution in [-0.2, 0) is 6.42 Å². The molecule has 2 aromatic heterocycles. The number of hydrogen-bond donors (Lipinski definition) is 2. The third-order valence-corrected chi connectivity index (χ3v) is 3.88. The maximum atomic E-state index is 6.01. The van der Waals surface area contributed by atoms with Gasteiger partial charge in [0, 0.05) is 23.4 Å². The Kier molecular flexibility index (Phi) is 3.38. The summed E-state index contributed by atoms with van der Waals surface area (Å²) in [6, 6.07) is 2.65. The Balaban J connectivity index is 1.68. The van der Waals surface area contributed by atoms with Crippen molar-refractivity contribution in [2.24, 2.45) is 0 Å². The quantitative estimate of drug-likeness (QED) is 0.877. The number of aryl methyl sites for hydroxylation is 2. The lowest BCUT2D eigenvalue weighted by atomic mass is 10.1. The first kappa shape index (κ1) is 12.4. The molecule has 0 aromatic carbocycles. The Morgan fingerprint density at radius 1 is 1.53 bits per heavy atom. The van der Waals surface area contributed by atoms with Crippen molar-refractivity contribution in [2.45, 2.75) is 45.1 Å². The molecule has 3 rings (SSSR count). The summed E-state index contributed by atoms with van der Waals surface area (Å²) in [5.74, 6) is 0.673. The van der Waals surface area contributed by atoms with Gasteiger partial charge in [0.15, 0.2) is 5.65 Å². The van der Waals surface area contributed by atoms with Crippen LogP contribution in [-0.4, -0.2) is 27.2 Å². The van der Waals surface area contributed by atoms with E-state index in [4.69, 9.17) is 5.73 Å². The first-order valence-corrected chi connectivity index (χ1v) is 7.07. The van der Waals surface area contributed by atoms with Gasteiger partial charge in [0.2, 0.25) is 0 Å². The predicted octanol–water partition coefficient (Wildman–Crippen LogP) is 1.69. The van der Waals surface area contributed by atoms with Gasteiger partial charge >= 0.3 is 0 Å². The molecule has 1 atom stereocenters. The second-order valence-corrected chi connectivity index (χ2v) is 5.42. The van der Waals surface area contributed by atoms with E-state index in [1.54, 1.807) is 4.52 Å². The molecular weight excluding hydrogens is 238 g/mol. The number of aromatic nitrogens is 3. The van der Waals surface area contributed by atoms with E-state index >= 15 is 0 Å². The van der Waals surface area contributed by atoms with Crippen LogP contribution < -0.4 is 11.1 Å². The van der Waals surface area contributed by atoms with Gasteiger partial charge in [0.1, 0.15) is 5.82 Å². The van der Waals surface area contributed by atoms with Gasteiger partial charge in [0.05, 0.1) is 6.20 Å². The highest BCUT2D eigenvalue weighted by molar-refractivity contribution is 5.52. The number of nitrogens with two attached hydrogens (primary N) is 1. The van der Waals surface area contributed by atoms with Gasteiger partial charge in [-0.25, -0.2) is 4.98 Å². The Hall–Kier alpha value is -1.62. The molecule has 1 saturated heterocycles. The van der Waals surface area contributed by atoms with Crippen molar-refractivity contribution in [1.82, 2.24) is 19.9 Å². The van der Waals surface area contributed by atoms with Crippen LogP contribution in [0.1, 0.15) is 36.9 Å². The summed E-state index contributed by atoms with van der Waals surface area (Å²) in [4.78, 5) is 4.66. The number of hydrogen-bond acceptors (Lipinski definition) is 4. The standard InChI is InChI=1S/C14H21N5/c1-10-9-17-19-13(15)8-12(18-14(10)19)5-2-4-11-6-3-7-16-11/h8-9,11,16H,2-7,15H2,1H3/t11-/m0/s1. The average Bonchev–Trinajstić information content (AvgIpc) is 3.01. The Bertz CT molecular complexity index is 568. The average molecular weight is 259 g/mol. The van der Waals surface area contributed by atoms with Gasteiger partial charge in [-0.15, -0.1) is 0 Å². The molecule has 5 heteroatoms. The van der Waals surface area contributed by atoms with Crippen LogP contribution in [0.4, 0.5) is 5.82 Å². The lowest BCUT2D eigenvalue weighted by molar-refractivity contribution is 0.534. The van der Waals surface area contributed by atoms with Gasteiger partial charge in [-0.1, -0.05) is 0 Å². The van der Waals surface area contributed by atoms with E-state index in [9.17, 15) is 0 Å². The van der Waals surface area contributed by atoms with Crippen LogP contribution in [0.3, 0.4) is 0 Å². The van der Waals surface area contributed by atoms with Crippen molar-refractivity contribution in [2.75, 3.05) is 12.3 Å². The minimum Gasteiger partial charge on any atom is -0.384 e. The van der Waals surface area contributed by atoms with E-state index in [1.807, 2.05) is 19.2 Å². The summed E-state index contributed by atoms with van der Waals surface area (Å²) in [5, 5.41) is 7.75. The third-order valence-electron chi connectivity index (χ3n) is 3.88. The van der Waals surface area contributed by atoms with Gasteiger partial charge in [-0.2, -0.15) is 9.61 Å². The first-order chi connectivity index (χ1) is 9.24. The van der Waals surface area contributed by atoms with Crippen molar-refractivity contribution in [1.29, 1.82) is 0 Å². The molecule has 5 nitrogen and oxygen atoms in total. The van der Waals surface area contributed by atoms with Crippen LogP contribution in [0.2, 0.25) is 0 Å². The normalized spacial score (nSPS) is 19.3. The molecule has 3 heterocycles. The van der Waals surface area contributed by atoms with E-state index in [-0.39, 0.29) is 0 Å². The molecule has 19 heavy (non-hydrogen) atoms. The Morgan fingerprint density at radius 3 is 3.21 bits per heavy atom. The van der Waals surface area contributed by atoms with Crippen molar-refractivity contribution >= 4 is 11.5 Å². The number of rotatable bonds is 4. The van der Waals surface area contributed by atoms with Crippen LogP contribution in [0, 0.1) is 6.92 Å². The summed E-state index contributed by atoms with van der Waals surface area (Å²) in [7, 11) is 0. The molecule has 0 saturated carbocycles. The van der Waals surface area contributed by atoms with Gasteiger partial charge in [-0.3, -0.25) is 0 Å². The molecular formula is C14H21N5. The summed E-state index contributed by atoms with van der Waals surface area (Å²) in [6.45, 7) is 3.19. The number of nitrogen functional groups attached to an aromatic ring is 1. The van der Waals surface area contributed by atoms with Crippen molar-refractivity contribution in [3.63, 3.8) is 0 Å². The highest BCUT2D eigenvalue weighted by Crippen LogP contribution is 2.16. The number of anilines is 1. The molecule has 3 N–H and O–H groups in total. The van der Waals surface area contributed by atoms with Crippen molar-refractivity contribution < 1.29 is 0 Å². The number of nitrogens with one attached hydrogen (secondary N) is 1. The fraction of sp³-hybridized carbons (Fsp3) is 0.571. The first-order valence-electron chi connectivity index (χ1n) is 7.07. The molecule has 0 bridgehead atoms. The van der Waals surface area contributed by atoms with Crippen LogP contribution in [0.5, 0.6) is 0 Å². The molecule has 1 aliphatic rings. The fourth-order valence-corrected chi connectivity index (χ4v) is 2.81. The molecule has 0 amide bonds. The predicted molar refractivity (Wildman–Crippen MR) is 76.1 cm³/mol. The second kappa shape index (κ2) is 5.17. The molecule has 1 fully saturated rings. The molecule has 0 spiro atoms. The van der Waals surface area contributed by atoms with E-state index in [1.165, 1.54) is 25.8 Å². The van der Waals surface area contributed by atoms with Crippen LogP contribution in [0.25, 0.3) is 5.65 Å². The summed E-state index contributed by atoms with van der Waals surface area (Å²) >= 11 is 0. The van der Waals surface area contributed by atoms with Crippen LogP contribution >= 0.6 is 0 Å². The minimum absolute atomic E-state index is 0.673. The van der Waals surface area contributed by atoms with E-state index < -0.39 is 0 Å². The van der Waals surface area contributed by atoms with Crippen molar-refractivity contribution in [3.05, 3.63) is 23.5 Å². The van der Waals surface area contributed by atoms with E-state index in [0.29, 0.717) is 11.9 Å². The summed E-state index contributed by atoms with van der Waals surface area (Å²) in [6.07, 6.45) is 7.82. The zero-order valence-corrected chi connectivity index (χ0v) is 11.4. The molecule has 0 aliphatic carbocycles. The largest absolute Gasteiger partial charge is 0.384 e. The molecule has 2 aromatic rings. The van der Waals surface area contributed by atoms with E-state index in [2.05, 4.69) is 15.4 Å². The maximum absolute atomic E-state index is 6.01. The fourth-order valence-electron chi connectivity index (χ4n) is 2.81. The zero-order valence-electron chi connectivity index (χ0n) is 11.4. The van der Waals surface area contributed by atoms with Gasteiger partial charge in [0.25, 0.3) is 0 Å².